The summed E-state index contributed by atoms with van der Waals surface area (Å²) in [7, 11) is 0. The van der Waals surface area contributed by atoms with Crippen molar-refractivity contribution in [2.75, 3.05) is 19.8 Å². The summed E-state index contributed by atoms with van der Waals surface area (Å²) in [4.78, 5) is 0. The van der Waals surface area contributed by atoms with Gasteiger partial charge in [-0.2, -0.15) is 0 Å². The second-order valence-electron chi connectivity index (χ2n) is 4.61. The molecule has 0 spiro atoms. The molecule has 0 amide bonds. The monoisotopic (exact) mass is 271 g/mol. The molecule has 0 aliphatic carbocycles. The predicted octanol–water partition coefficient (Wildman–Crippen LogP) is 2.54. The van der Waals surface area contributed by atoms with Crippen molar-refractivity contribution in [3.05, 3.63) is 54.1 Å². The maximum Gasteiger partial charge on any atom is 0.203 e. The Labute approximate surface area is 118 Å². The predicted molar refractivity (Wildman–Crippen MR) is 76.3 cm³/mol. The minimum Gasteiger partial charge on any atom is -0.488 e. The molecule has 4 heteroatoms. The average molecular weight is 271 g/mol. The van der Waals surface area contributed by atoms with Gasteiger partial charge in [0, 0.05) is 0 Å². The zero-order valence-electron chi connectivity index (χ0n) is 11.1. The van der Waals surface area contributed by atoms with Crippen molar-refractivity contribution in [1.82, 2.24) is 0 Å². The molecule has 4 nitrogen and oxygen atoms in total. The summed E-state index contributed by atoms with van der Waals surface area (Å²) in [5.74, 6) is 2.06. The van der Waals surface area contributed by atoms with Gasteiger partial charge in [0.2, 0.25) is 5.75 Å². The average Bonchev–Trinajstić information content (AvgIpc) is 2.53. The van der Waals surface area contributed by atoms with Crippen LogP contribution >= 0.6 is 0 Å². The van der Waals surface area contributed by atoms with Crippen molar-refractivity contribution in [2.24, 2.45) is 5.73 Å². The van der Waals surface area contributed by atoms with Crippen LogP contribution in [-0.2, 0) is 0 Å². The molecule has 1 aliphatic heterocycles. The van der Waals surface area contributed by atoms with E-state index >= 15 is 0 Å². The van der Waals surface area contributed by atoms with Crippen LogP contribution in [0.5, 0.6) is 17.2 Å². The van der Waals surface area contributed by atoms with E-state index in [9.17, 15) is 0 Å². The molecule has 0 aromatic heterocycles. The second kappa shape index (κ2) is 5.84. The molecule has 0 bridgehead atoms. The molecule has 3 rings (SSSR count). The first-order valence-corrected chi connectivity index (χ1v) is 6.66. The smallest absolute Gasteiger partial charge is 0.203 e. The fraction of sp³-hybridized carbons (Fsp3) is 0.250. The molecule has 1 heterocycles. The normalized spacial score (nSPS) is 14.7. The van der Waals surface area contributed by atoms with Gasteiger partial charge in [-0.1, -0.05) is 36.4 Å². The number of hydrogen-bond donors (Lipinski definition) is 1. The lowest BCUT2D eigenvalue weighted by Crippen LogP contribution is -2.20. The Bertz CT molecular complexity index is 571. The van der Waals surface area contributed by atoms with Crippen molar-refractivity contribution < 1.29 is 14.2 Å². The molecule has 2 aromatic carbocycles. The van der Waals surface area contributed by atoms with Crippen LogP contribution in [0.15, 0.2) is 48.5 Å². The highest BCUT2D eigenvalue weighted by atomic mass is 16.6. The van der Waals surface area contributed by atoms with Gasteiger partial charge in [0.1, 0.15) is 19.8 Å². The standard InChI is InChI=1S/C16H17NO3/c17-13(12-5-2-1-3-6-12)11-20-15-8-4-7-14-16(15)19-10-9-18-14/h1-8,13H,9-11,17H2. The fourth-order valence-corrected chi connectivity index (χ4v) is 2.14. The Balaban J connectivity index is 1.70. The van der Waals surface area contributed by atoms with Crippen LogP contribution in [0, 0.1) is 0 Å². The molecule has 0 radical (unpaired) electrons. The Hall–Kier alpha value is -2.20. The molecule has 1 aliphatic rings. The molecule has 2 N–H and O–H groups in total. The molecule has 104 valence electrons. The van der Waals surface area contributed by atoms with Crippen molar-refractivity contribution in [1.29, 1.82) is 0 Å². The fourth-order valence-electron chi connectivity index (χ4n) is 2.14. The molecular formula is C16H17NO3. The van der Waals surface area contributed by atoms with Crippen LogP contribution in [0.25, 0.3) is 0 Å². The summed E-state index contributed by atoms with van der Waals surface area (Å²) >= 11 is 0. The maximum atomic E-state index is 6.12. The van der Waals surface area contributed by atoms with E-state index < -0.39 is 0 Å². The van der Waals surface area contributed by atoms with Crippen molar-refractivity contribution in [2.45, 2.75) is 6.04 Å². The molecular weight excluding hydrogens is 254 g/mol. The number of nitrogens with two attached hydrogens (primary N) is 1. The molecule has 20 heavy (non-hydrogen) atoms. The highest BCUT2D eigenvalue weighted by Gasteiger charge is 2.17. The van der Waals surface area contributed by atoms with Crippen LogP contribution in [0.2, 0.25) is 0 Å². The van der Waals surface area contributed by atoms with E-state index in [0.717, 1.165) is 11.3 Å². The van der Waals surface area contributed by atoms with Crippen molar-refractivity contribution in [3.63, 3.8) is 0 Å². The van der Waals surface area contributed by atoms with Gasteiger partial charge < -0.3 is 19.9 Å². The Morgan fingerprint density at radius 3 is 2.65 bits per heavy atom. The molecule has 0 fully saturated rings. The molecule has 1 unspecified atom stereocenters. The van der Waals surface area contributed by atoms with E-state index in [1.165, 1.54) is 0 Å². The quantitative estimate of drug-likeness (QED) is 0.928. The SMILES string of the molecule is NC(COc1cccc2c1OCCO2)c1ccccc1. The Morgan fingerprint density at radius 2 is 1.80 bits per heavy atom. The van der Waals surface area contributed by atoms with Gasteiger partial charge in [-0.3, -0.25) is 0 Å². The molecule has 1 atom stereocenters. The summed E-state index contributed by atoms with van der Waals surface area (Å²) in [5.41, 5.74) is 7.17. The van der Waals surface area contributed by atoms with Gasteiger partial charge in [0.15, 0.2) is 11.5 Å². The van der Waals surface area contributed by atoms with Crippen LogP contribution < -0.4 is 19.9 Å². The summed E-state index contributed by atoms with van der Waals surface area (Å²) in [6.45, 7) is 1.50. The highest BCUT2D eigenvalue weighted by molar-refractivity contribution is 5.51. The summed E-state index contributed by atoms with van der Waals surface area (Å²) in [6, 6.07) is 15.3. The number of rotatable bonds is 4. The van der Waals surface area contributed by atoms with E-state index in [1.54, 1.807) is 0 Å². The van der Waals surface area contributed by atoms with Crippen molar-refractivity contribution in [3.8, 4) is 17.2 Å². The van der Waals surface area contributed by atoms with E-state index in [-0.39, 0.29) is 6.04 Å². The van der Waals surface area contributed by atoms with Gasteiger partial charge in [-0.25, -0.2) is 0 Å². The zero-order chi connectivity index (χ0) is 13.8. The number of fused-ring (bicyclic) bond motifs is 1. The van der Waals surface area contributed by atoms with E-state index in [1.807, 2.05) is 48.5 Å². The van der Waals surface area contributed by atoms with Crippen LogP contribution in [-0.4, -0.2) is 19.8 Å². The van der Waals surface area contributed by atoms with Crippen LogP contribution in [0.4, 0.5) is 0 Å². The van der Waals surface area contributed by atoms with Crippen LogP contribution in [0.1, 0.15) is 11.6 Å². The summed E-state index contributed by atoms with van der Waals surface area (Å²) < 4.78 is 16.9. The van der Waals surface area contributed by atoms with Gasteiger partial charge >= 0.3 is 0 Å². The maximum absolute atomic E-state index is 6.12. The first kappa shape index (κ1) is 12.8. The molecule has 0 saturated carbocycles. The van der Waals surface area contributed by atoms with Gasteiger partial charge in [0.05, 0.1) is 6.04 Å². The Kier molecular flexibility index (Phi) is 3.74. The third-order valence-electron chi connectivity index (χ3n) is 3.18. The number of para-hydroxylation sites is 1. The number of ether oxygens (including phenoxy) is 3. The van der Waals surface area contributed by atoms with Crippen LogP contribution in [0.3, 0.4) is 0 Å². The largest absolute Gasteiger partial charge is 0.488 e. The van der Waals surface area contributed by atoms with E-state index in [4.69, 9.17) is 19.9 Å². The lowest BCUT2D eigenvalue weighted by atomic mass is 10.1. The van der Waals surface area contributed by atoms with E-state index in [0.29, 0.717) is 31.3 Å². The van der Waals surface area contributed by atoms with Gasteiger partial charge in [-0.05, 0) is 17.7 Å². The Morgan fingerprint density at radius 1 is 1.00 bits per heavy atom. The summed E-state index contributed by atoms with van der Waals surface area (Å²) in [5, 5.41) is 0. The minimum atomic E-state index is -0.170. The highest BCUT2D eigenvalue weighted by Crippen LogP contribution is 2.39. The minimum absolute atomic E-state index is 0.170. The van der Waals surface area contributed by atoms with Gasteiger partial charge in [-0.15, -0.1) is 0 Å². The van der Waals surface area contributed by atoms with Gasteiger partial charge in [0.25, 0.3) is 0 Å². The third kappa shape index (κ3) is 2.70. The zero-order valence-corrected chi connectivity index (χ0v) is 11.1. The lowest BCUT2D eigenvalue weighted by Gasteiger charge is -2.21. The third-order valence-corrected chi connectivity index (χ3v) is 3.18. The van der Waals surface area contributed by atoms with E-state index in [2.05, 4.69) is 0 Å². The topological polar surface area (TPSA) is 53.7 Å². The molecule has 0 saturated heterocycles. The first-order valence-electron chi connectivity index (χ1n) is 6.66. The second-order valence-corrected chi connectivity index (χ2v) is 4.61. The first-order chi connectivity index (χ1) is 9.84. The van der Waals surface area contributed by atoms with Crippen molar-refractivity contribution >= 4 is 0 Å². The number of hydrogen-bond acceptors (Lipinski definition) is 4. The lowest BCUT2D eigenvalue weighted by molar-refractivity contribution is 0.160. The summed E-state index contributed by atoms with van der Waals surface area (Å²) in [6.07, 6.45) is 0. The number of benzene rings is 2. The molecule has 2 aromatic rings.